The first kappa shape index (κ1) is 8.42. The van der Waals surface area contributed by atoms with Gasteiger partial charge in [-0.05, 0) is 37.0 Å². The van der Waals surface area contributed by atoms with E-state index in [0.717, 1.165) is 18.4 Å². The Hall–Kier alpha value is -0.890. The van der Waals surface area contributed by atoms with Crippen LogP contribution in [-0.2, 0) is 4.74 Å². The van der Waals surface area contributed by atoms with Gasteiger partial charge in [-0.1, -0.05) is 12.1 Å². The molecule has 1 nitrogen and oxygen atoms in total. The molecule has 3 rings (SSSR count). The molecule has 0 aromatic heterocycles. The van der Waals surface area contributed by atoms with Crippen LogP contribution in [0.2, 0.25) is 0 Å². The van der Waals surface area contributed by atoms with E-state index in [-0.39, 0.29) is 5.82 Å². The maximum Gasteiger partial charge on any atom is 0.123 e. The Morgan fingerprint density at radius 1 is 1.29 bits per heavy atom. The van der Waals surface area contributed by atoms with Crippen molar-refractivity contribution in [2.24, 2.45) is 0 Å². The lowest BCUT2D eigenvalue weighted by molar-refractivity contribution is 0.101. The standard InChI is InChI=1S/C12H13FO/c13-9-3-1-2-8(6-9)11-7-10-4-5-12(11)14-10/h1-3,6,10-12H,4-5,7H2. The number of hydrogen-bond donors (Lipinski definition) is 0. The average Bonchev–Trinajstić information content (AvgIpc) is 2.78. The lowest BCUT2D eigenvalue weighted by Crippen LogP contribution is -2.14. The molecule has 14 heavy (non-hydrogen) atoms. The van der Waals surface area contributed by atoms with Gasteiger partial charge >= 0.3 is 0 Å². The van der Waals surface area contributed by atoms with Gasteiger partial charge in [0, 0.05) is 5.92 Å². The van der Waals surface area contributed by atoms with Crippen molar-refractivity contribution in [3.63, 3.8) is 0 Å². The fourth-order valence-corrected chi connectivity index (χ4v) is 2.73. The van der Waals surface area contributed by atoms with Gasteiger partial charge in [-0.25, -0.2) is 4.39 Å². The van der Waals surface area contributed by atoms with Crippen LogP contribution in [-0.4, -0.2) is 12.2 Å². The van der Waals surface area contributed by atoms with Crippen LogP contribution in [0.1, 0.15) is 30.7 Å². The molecular formula is C12H13FO. The Kier molecular flexibility index (Phi) is 1.84. The van der Waals surface area contributed by atoms with Crippen molar-refractivity contribution in [3.05, 3.63) is 35.6 Å². The van der Waals surface area contributed by atoms with Gasteiger partial charge in [0.15, 0.2) is 0 Å². The van der Waals surface area contributed by atoms with E-state index in [1.54, 1.807) is 12.1 Å². The molecule has 74 valence electrons. The smallest absolute Gasteiger partial charge is 0.123 e. The van der Waals surface area contributed by atoms with Crippen molar-refractivity contribution in [2.45, 2.75) is 37.4 Å². The van der Waals surface area contributed by atoms with Gasteiger partial charge in [0.2, 0.25) is 0 Å². The molecule has 2 bridgehead atoms. The van der Waals surface area contributed by atoms with Crippen LogP contribution < -0.4 is 0 Å². The summed E-state index contributed by atoms with van der Waals surface area (Å²) in [6.07, 6.45) is 4.20. The van der Waals surface area contributed by atoms with Crippen molar-refractivity contribution < 1.29 is 9.13 Å². The summed E-state index contributed by atoms with van der Waals surface area (Å²) in [7, 11) is 0. The third-order valence-electron chi connectivity index (χ3n) is 3.38. The molecule has 2 aliphatic heterocycles. The van der Waals surface area contributed by atoms with Crippen molar-refractivity contribution >= 4 is 0 Å². The van der Waals surface area contributed by atoms with E-state index in [2.05, 4.69) is 0 Å². The summed E-state index contributed by atoms with van der Waals surface area (Å²) in [6.45, 7) is 0. The third kappa shape index (κ3) is 1.25. The zero-order valence-corrected chi connectivity index (χ0v) is 7.95. The summed E-state index contributed by atoms with van der Waals surface area (Å²) in [5, 5.41) is 0. The van der Waals surface area contributed by atoms with Gasteiger partial charge in [0.05, 0.1) is 12.2 Å². The van der Waals surface area contributed by atoms with Crippen LogP contribution in [0.15, 0.2) is 24.3 Å². The molecule has 0 amide bonds. The van der Waals surface area contributed by atoms with Crippen LogP contribution in [0.25, 0.3) is 0 Å². The van der Waals surface area contributed by atoms with Crippen LogP contribution in [0.4, 0.5) is 4.39 Å². The highest BCUT2D eigenvalue weighted by Gasteiger charge is 2.41. The molecule has 2 heterocycles. The van der Waals surface area contributed by atoms with Crippen molar-refractivity contribution in [2.75, 3.05) is 0 Å². The van der Waals surface area contributed by atoms with E-state index in [9.17, 15) is 4.39 Å². The van der Waals surface area contributed by atoms with E-state index < -0.39 is 0 Å². The number of halogens is 1. The van der Waals surface area contributed by atoms with Crippen molar-refractivity contribution in [3.8, 4) is 0 Å². The molecule has 2 saturated heterocycles. The third-order valence-corrected chi connectivity index (χ3v) is 3.38. The molecule has 0 saturated carbocycles. The van der Waals surface area contributed by atoms with Gasteiger partial charge in [0.25, 0.3) is 0 Å². The first-order valence-electron chi connectivity index (χ1n) is 5.24. The van der Waals surface area contributed by atoms with Crippen LogP contribution in [0.3, 0.4) is 0 Å². The minimum atomic E-state index is -0.134. The van der Waals surface area contributed by atoms with Gasteiger partial charge in [-0.2, -0.15) is 0 Å². The second-order valence-electron chi connectivity index (χ2n) is 4.27. The van der Waals surface area contributed by atoms with E-state index in [1.165, 1.54) is 12.5 Å². The molecule has 0 spiro atoms. The molecule has 1 aromatic rings. The van der Waals surface area contributed by atoms with Gasteiger partial charge < -0.3 is 4.74 Å². The fraction of sp³-hybridized carbons (Fsp3) is 0.500. The minimum Gasteiger partial charge on any atom is -0.374 e. The largest absolute Gasteiger partial charge is 0.374 e. The fourth-order valence-electron chi connectivity index (χ4n) is 2.73. The Bertz CT molecular complexity index is 350. The summed E-state index contributed by atoms with van der Waals surface area (Å²) in [4.78, 5) is 0. The zero-order chi connectivity index (χ0) is 9.54. The van der Waals surface area contributed by atoms with E-state index in [1.807, 2.05) is 6.07 Å². The molecule has 2 aliphatic rings. The summed E-state index contributed by atoms with van der Waals surface area (Å²) in [5.74, 6) is 0.301. The van der Waals surface area contributed by atoms with Crippen molar-refractivity contribution in [1.82, 2.24) is 0 Å². The first-order valence-corrected chi connectivity index (χ1v) is 5.24. The number of benzene rings is 1. The van der Waals surface area contributed by atoms with Crippen LogP contribution in [0, 0.1) is 5.82 Å². The predicted octanol–water partition coefficient (Wildman–Crippen LogP) is 2.86. The Morgan fingerprint density at radius 2 is 2.21 bits per heavy atom. The molecule has 3 atom stereocenters. The van der Waals surface area contributed by atoms with E-state index in [4.69, 9.17) is 4.74 Å². The number of rotatable bonds is 1. The summed E-state index contributed by atoms with van der Waals surface area (Å²) in [5.41, 5.74) is 1.11. The highest BCUT2D eigenvalue weighted by atomic mass is 19.1. The lowest BCUT2D eigenvalue weighted by Gasteiger charge is -2.18. The number of fused-ring (bicyclic) bond motifs is 2. The van der Waals surface area contributed by atoms with Gasteiger partial charge in [0.1, 0.15) is 5.82 Å². The number of hydrogen-bond acceptors (Lipinski definition) is 1. The van der Waals surface area contributed by atoms with E-state index >= 15 is 0 Å². The first-order chi connectivity index (χ1) is 6.83. The SMILES string of the molecule is Fc1cccc(C2CC3CCC2O3)c1. The molecule has 0 radical (unpaired) electrons. The maximum absolute atomic E-state index is 13.0. The van der Waals surface area contributed by atoms with Crippen LogP contribution in [0.5, 0.6) is 0 Å². The summed E-state index contributed by atoms with van der Waals surface area (Å²) >= 11 is 0. The highest BCUT2D eigenvalue weighted by molar-refractivity contribution is 5.24. The molecule has 0 aliphatic carbocycles. The number of ether oxygens (including phenoxy) is 1. The second-order valence-corrected chi connectivity index (χ2v) is 4.27. The normalized spacial score (nSPS) is 35.1. The summed E-state index contributed by atoms with van der Waals surface area (Å²) < 4.78 is 18.8. The predicted molar refractivity (Wildman–Crippen MR) is 51.7 cm³/mol. The Morgan fingerprint density at radius 3 is 2.86 bits per heavy atom. The zero-order valence-electron chi connectivity index (χ0n) is 7.95. The summed E-state index contributed by atoms with van der Waals surface area (Å²) in [6, 6.07) is 6.95. The van der Waals surface area contributed by atoms with Gasteiger partial charge in [-0.3, -0.25) is 0 Å². The average molecular weight is 192 g/mol. The second kappa shape index (κ2) is 3.06. The quantitative estimate of drug-likeness (QED) is 0.664. The molecule has 1 aromatic carbocycles. The Balaban J connectivity index is 1.89. The molecular weight excluding hydrogens is 179 g/mol. The molecule has 2 heteroatoms. The lowest BCUT2D eigenvalue weighted by atomic mass is 9.84. The van der Waals surface area contributed by atoms with E-state index in [0.29, 0.717) is 18.1 Å². The monoisotopic (exact) mass is 192 g/mol. The van der Waals surface area contributed by atoms with Crippen LogP contribution >= 0.6 is 0 Å². The highest BCUT2D eigenvalue weighted by Crippen LogP contribution is 2.44. The topological polar surface area (TPSA) is 9.23 Å². The molecule has 0 N–H and O–H groups in total. The maximum atomic E-state index is 13.0. The van der Waals surface area contributed by atoms with Crippen molar-refractivity contribution in [1.29, 1.82) is 0 Å². The Labute approximate surface area is 82.9 Å². The molecule has 2 fully saturated rings. The van der Waals surface area contributed by atoms with Gasteiger partial charge in [-0.15, -0.1) is 0 Å². The minimum absolute atomic E-state index is 0.134. The molecule has 3 unspecified atom stereocenters.